The lowest BCUT2D eigenvalue weighted by Gasteiger charge is -2.18. The Bertz CT molecular complexity index is 1700. The van der Waals surface area contributed by atoms with E-state index in [1.807, 2.05) is 0 Å². The van der Waals surface area contributed by atoms with Gasteiger partial charge in [-0.15, -0.1) is 0 Å². The summed E-state index contributed by atoms with van der Waals surface area (Å²) in [6.45, 7) is 6.47. The van der Waals surface area contributed by atoms with Crippen molar-refractivity contribution >= 4 is 17.9 Å². The van der Waals surface area contributed by atoms with Gasteiger partial charge in [0.15, 0.2) is 6.10 Å². The van der Waals surface area contributed by atoms with E-state index >= 15 is 0 Å². The van der Waals surface area contributed by atoms with Crippen LogP contribution < -0.4 is 0 Å². The molecule has 0 radical (unpaired) electrons. The van der Waals surface area contributed by atoms with E-state index in [1.165, 1.54) is 141 Å². The summed E-state index contributed by atoms with van der Waals surface area (Å²) in [5.41, 5.74) is 0. The Morgan fingerprint density at radius 1 is 0.253 bits per heavy atom. The van der Waals surface area contributed by atoms with Gasteiger partial charge in [-0.1, -0.05) is 303 Å². The van der Waals surface area contributed by atoms with Gasteiger partial charge >= 0.3 is 17.9 Å². The number of allylic oxidation sites excluding steroid dienone is 20. The summed E-state index contributed by atoms with van der Waals surface area (Å²) in [5.74, 6) is -0.905. The molecule has 1 unspecified atom stereocenters. The SMILES string of the molecule is CC/C=C\C/C=C\C/C=C\C/C=C\C/C=C\C/C=C\CCCCCCCCCCCCCCCCCCC(=O)OCC(COC(=O)CCCCCCC/C=C\C/C=C\CCCC)OC(=O)CCCCCCC/C=C\C/C=C\CCCCCC. The molecule has 0 aromatic carbocycles. The van der Waals surface area contributed by atoms with Crippen LogP contribution in [0.15, 0.2) is 122 Å². The number of carbonyl (C=O) groups is 3. The van der Waals surface area contributed by atoms with Gasteiger partial charge in [0, 0.05) is 19.3 Å². The number of esters is 3. The molecule has 0 fully saturated rings. The highest BCUT2D eigenvalue weighted by Crippen LogP contribution is 2.17. The van der Waals surface area contributed by atoms with Crippen molar-refractivity contribution in [1.82, 2.24) is 0 Å². The molecule has 0 aliphatic heterocycles. The minimum Gasteiger partial charge on any atom is -0.462 e. The Kier molecular flexibility index (Phi) is 66.7. The Morgan fingerprint density at radius 2 is 0.482 bits per heavy atom. The first-order valence-electron chi connectivity index (χ1n) is 35.0. The predicted molar refractivity (Wildman–Crippen MR) is 362 cm³/mol. The van der Waals surface area contributed by atoms with Crippen LogP contribution in [0.25, 0.3) is 0 Å². The standard InChI is InChI=1S/C77H130O6/c1-4-7-10-13-16-19-22-25-28-30-31-32-33-34-35-36-37-38-39-40-41-42-43-44-45-46-47-48-50-52-55-58-61-64-67-70-76(79)82-73-74(72-81-75(78)69-66-63-60-57-54-51-27-24-21-18-15-12-9-6-3)83-77(80)71-68-65-62-59-56-53-49-29-26-23-20-17-14-11-8-5-2/h7,10,15-16,18-20,23-25,27-29,31-32,34-35,37-38,49,74H,4-6,8-9,11-14,17,21-22,26,30,33,36,39-48,50-73H2,1-3H3/b10-7-,18-15-,19-16-,23-20-,27-24-,28-25-,32-31-,35-34-,38-37-,49-29-. The zero-order valence-corrected chi connectivity index (χ0v) is 54.4. The van der Waals surface area contributed by atoms with Crippen LogP contribution in [0.3, 0.4) is 0 Å². The maximum absolute atomic E-state index is 12.9. The van der Waals surface area contributed by atoms with Gasteiger partial charge in [-0.25, -0.2) is 0 Å². The minimum absolute atomic E-state index is 0.0873. The average Bonchev–Trinajstić information content (AvgIpc) is 3.49. The van der Waals surface area contributed by atoms with E-state index in [0.29, 0.717) is 19.3 Å². The molecule has 0 amide bonds. The van der Waals surface area contributed by atoms with Crippen molar-refractivity contribution in [2.75, 3.05) is 13.2 Å². The molecule has 0 heterocycles. The second-order valence-electron chi connectivity index (χ2n) is 23.1. The van der Waals surface area contributed by atoms with Gasteiger partial charge in [0.25, 0.3) is 0 Å². The molecule has 0 N–H and O–H groups in total. The molecule has 0 saturated heterocycles. The van der Waals surface area contributed by atoms with Crippen LogP contribution in [-0.2, 0) is 28.6 Å². The van der Waals surface area contributed by atoms with Crippen molar-refractivity contribution in [2.24, 2.45) is 0 Å². The normalized spacial score (nSPS) is 12.9. The van der Waals surface area contributed by atoms with Crippen molar-refractivity contribution in [1.29, 1.82) is 0 Å². The third-order valence-electron chi connectivity index (χ3n) is 14.9. The number of ether oxygens (including phenoxy) is 3. The number of hydrogen-bond acceptors (Lipinski definition) is 6. The van der Waals surface area contributed by atoms with Crippen LogP contribution in [0.4, 0.5) is 0 Å². The smallest absolute Gasteiger partial charge is 0.306 e. The van der Waals surface area contributed by atoms with Crippen molar-refractivity contribution in [3.63, 3.8) is 0 Å². The fraction of sp³-hybridized carbons (Fsp3) is 0.701. The molecular weight excluding hydrogens is 1020 g/mol. The van der Waals surface area contributed by atoms with Gasteiger partial charge in [0.05, 0.1) is 0 Å². The average molecular weight is 1150 g/mol. The molecule has 0 saturated carbocycles. The highest BCUT2D eigenvalue weighted by Gasteiger charge is 2.19. The van der Waals surface area contributed by atoms with E-state index in [-0.39, 0.29) is 31.1 Å². The van der Waals surface area contributed by atoms with E-state index in [4.69, 9.17) is 14.2 Å². The first kappa shape index (κ1) is 78.8. The van der Waals surface area contributed by atoms with Crippen molar-refractivity contribution < 1.29 is 28.6 Å². The number of rotatable bonds is 63. The quantitative estimate of drug-likeness (QED) is 0.0261. The minimum atomic E-state index is -0.793. The van der Waals surface area contributed by atoms with Gasteiger partial charge < -0.3 is 14.2 Å². The molecule has 0 aromatic rings. The molecule has 1 atom stereocenters. The van der Waals surface area contributed by atoms with Crippen LogP contribution >= 0.6 is 0 Å². The lowest BCUT2D eigenvalue weighted by Crippen LogP contribution is -2.30. The van der Waals surface area contributed by atoms with E-state index in [2.05, 4.69) is 142 Å². The summed E-state index contributed by atoms with van der Waals surface area (Å²) in [4.78, 5) is 38.4. The second-order valence-corrected chi connectivity index (χ2v) is 23.1. The van der Waals surface area contributed by atoms with E-state index in [0.717, 1.165) is 148 Å². The summed E-state index contributed by atoms with van der Waals surface area (Å²) in [5, 5.41) is 0. The Morgan fingerprint density at radius 3 is 0.771 bits per heavy atom. The van der Waals surface area contributed by atoms with Gasteiger partial charge in [-0.3, -0.25) is 14.4 Å². The molecule has 0 rings (SSSR count). The van der Waals surface area contributed by atoms with Gasteiger partial charge in [0.2, 0.25) is 0 Å². The lowest BCUT2D eigenvalue weighted by molar-refractivity contribution is -0.167. The van der Waals surface area contributed by atoms with Crippen LogP contribution in [-0.4, -0.2) is 37.2 Å². The van der Waals surface area contributed by atoms with Gasteiger partial charge in [-0.05, 0) is 128 Å². The summed E-state index contributed by atoms with van der Waals surface area (Å²) in [6.07, 6.45) is 98.0. The number of carbonyl (C=O) groups excluding carboxylic acids is 3. The lowest BCUT2D eigenvalue weighted by atomic mass is 10.0. The molecule has 0 aromatic heterocycles. The summed E-state index contributed by atoms with van der Waals surface area (Å²) < 4.78 is 16.9. The van der Waals surface area contributed by atoms with Crippen molar-refractivity contribution in [2.45, 2.75) is 335 Å². The molecule has 83 heavy (non-hydrogen) atoms. The monoisotopic (exact) mass is 1150 g/mol. The molecule has 0 bridgehead atoms. The van der Waals surface area contributed by atoms with E-state index < -0.39 is 6.10 Å². The summed E-state index contributed by atoms with van der Waals surface area (Å²) in [7, 11) is 0. The maximum Gasteiger partial charge on any atom is 0.306 e. The fourth-order valence-corrected chi connectivity index (χ4v) is 9.67. The summed E-state index contributed by atoms with van der Waals surface area (Å²) >= 11 is 0. The highest BCUT2D eigenvalue weighted by molar-refractivity contribution is 5.71. The Balaban J connectivity index is 4.19. The topological polar surface area (TPSA) is 78.9 Å². The highest BCUT2D eigenvalue weighted by atomic mass is 16.6. The zero-order valence-electron chi connectivity index (χ0n) is 54.4. The van der Waals surface area contributed by atoms with E-state index in [9.17, 15) is 14.4 Å². The molecular formula is C77H130O6. The summed E-state index contributed by atoms with van der Waals surface area (Å²) in [6, 6.07) is 0. The van der Waals surface area contributed by atoms with Crippen LogP contribution in [0.2, 0.25) is 0 Å². The van der Waals surface area contributed by atoms with Crippen LogP contribution in [0, 0.1) is 0 Å². The number of hydrogen-bond donors (Lipinski definition) is 0. The zero-order chi connectivity index (χ0) is 59.9. The van der Waals surface area contributed by atoms with E-state index in [1.54, 1.807) is 0 Å². The molecule has 6 nitrogen and oxygen atoms in total. The molecule has 474 valence electrons. The van der Waals surface area contributed by atoms with Crippen LogP contribution in [0.1, 0.15) is 329 Å². The molecule has 0 aliphatic rings. The van der Waals surface area contributed by atoms with Crippen molar-refractivity contribution in [3.05, 3.63) is 122 Å². The number of unbranched alkanes of at least 4 members (excludes halogenated alkanes) is 32. The maximum atomic E-state index is 12.9. The fourth-order valence-electron chi connectivity index (χ4n) is 9.67. The van der Waals surface area contributed by atoms with Gasteiger partial charge in [-0.2, -0.15) is 0 Å². The van der Waals surface area contributed by atoms with Crippen molar-refractivity contribution in [3.8, 4) is 0 Å². The Hall–Kier alpha value is -4.19. The third kappa shape index (κ3) is 68.5. The Labute approximate surface area is 513 Å². The molecule has 6 heteroatoms. The first-order valence-corrected chi connectivity index (χ1v) is 35.0. The molecule has 0 spiro atoms. The first-order chi connectivity index (χ1) is 41.0. The largest absolute Gasteiger partial charge is 0.462 e. The third-order valence-corrected chi connectivity index (χ3v) is 14.9. The van der Waals surface area contributed by atoms with Gasteiger partial charge in [0.1, 0.15) is 13.2 Å². The van der Waals surface area contributed by atoms with Crippen LogP contribution in [0.5, 0.6) is 0 Å². The predicted octanol–water partition coefficient (Wildman–Crippen LogP) is 24.3. The second kappa shape index (κ2) is 70.3. The molecule has 0 aliphatic carbocycles.